The maximum absolute atomic E-state index is 5.69. The Morgan fingerprint density at radius 2 is 1.71 bits per heavy atom. The second kappa shape index (κ2) is 4.82. The summed E-state index contributed by atoms with van der Waals surface area (Å²) in [6.45, 7) is 4.08. The molecule has 0 saturated carbocycles. The molecule has 2 aromatic rings. The summed E-state index contributed by atoms with van der Waals surface area (Å²) >= 11 is 0. The number of nitrogens with zero attached hydrogens (tertiary/aromatic N) is 2. The number of aromatic nitrogens is 2. The predicted octanol–water partition coefficient (Wildman–Crippen LogP) is 2.93. The summed E-state index contributed by atoms with van der Waals surface area (Å²) in [4.78, 5) is 8.10. The Bertz CT molecular complexity index is 506. The van der Waals surface area contributed by atoms with Gasteiger partial charge in [0.1, 0.15) is 17.9 Å². The molecule has 4 heteroatoms. The Labute approximate surface area is 101 Å². The van der Waals surface area contributed by atoms with Crippen molar-refractivity contribution in [1.29, 1.82) is 0 Å². The van der Waals surface area contributed by atoms with Crippen molar-refractivity contribution in [3.05, 3.63) is 41.7 Å². The van der Waals surface area contributed by atoms with Gasteiger partial charge in [0, 0.05) is 13.1 Å². The van der Waals surface area contributed by atoms with Gasteiger partial charge in [0.15, 0.2) is 0 Å². The molecule has 0 bridgehead atoms. The number of nitrogens with one attached hydrogen (secondary N) is 1. The zero-order valence-corrected chi connectivity index (χ0v) is 10.2. The second-order valence-corrected chi connectivity index (χ2v) is 3.92. The molecule has 0 aliphatic rings. The van der Waals surface area contributed by atoms with E-state index in [2.05, 4.69) is 21.4 Å². The lowest BCUT2D eigenvalue weighted by molar-refractivity contribution is 0.461. The van der Waals surface area contributed by atoms with Gasteiger partial charge >= 0.3 is 0 Å². The molecule has 88 valence electrons. The van der Waals surface area contributed by atoms with Crippen LogP contribution in [0.3, 0.4) is 0 Å². The van der Waals surface area contributed by atoms with E-state index < -0.39 is 0 Å². The molecule has 1 aromatic heterocycles. The molecule has 1 N–H and O–H groups in total. The van der Waals surface area contributed by atoms with Crippen LogP contribution in [-0.2, 0) is 0 Å². The van der Waals surface area contributed by atoms with Gasteiger partial charge in [-0.2, -0.15) is 0 Å². The fourth-order valence-corrected chi connectivity index (χ4v) is 1.64. The molecular weight excluding hydrogens is 214 g/mol. The van der Waals surface area contributed by atoms with Crippen molar-refractivity contribution in [2.24, 2.45) is 0 Å². The minimum absolute atomic E-state index is 0.536. The van der Waals surface area contributed by atoms with Gasteiger partial charge in [-0.1, -0.05) is 6.07 Å². The topological polar surface area (TPSA) is 47.0 Å². The molecule has 0 unspecified atom stereocenters. The molecule has 0 fully saturated rings. The summed E-state index contributed by atoms with van der Waals surface area (Å²) in [5.41, 5.74) is 2.34. The van der Waals surface area contributed by atoms with Gasteiger partial charge in [0.05, 0.1) is 0 Å². The Kier molecular flexibility index (Phi) is 3.23. The van der Waals surface area contributed by atoms with Gasteiger partial charge in [0.2, 0.25) is 5.88 Å². The summed E-state index contributed by atoms with van der Waals surface area (Å²) in [5.74, 6) is 2.07. The predicted molar refractivity (Wildman–Crippen MR) is 67.6 cm³/mol. The van der Waals surface area contributed by atoms with E-state index in [0.29, 0.717) is 5.88 Å². The number of hydrogen-bond acceptors (Lipinski definition) is 4. The van der Waals surface area contributed by atoms with E-state index in [-0.39, 0.29) is 0 Å². The van der Waals surface area contributed by atoms with Crippen molar-refractivity contribution in [3.8, 4) is 11.6 Å². The normalized spacial score (nSPS) is 10.1. The second-order valence-electron chi connectivity index (χ2n) is 3.92. The maximum atomic E-state index is 5.69. The highest BCUT2D eigenvalue weighted by Crippen LogP contribution is 2.22. The van der Waals surface area contributed by atoms with Crippen LogP contribution < -0.4 is 10.1 Å². The minimum atomic E-state index is 0.536. The molecule has 0 radical (unpaired) electrons. The van der Waals surface area contributed by atoms with Crippen molar-refractivity contribution in [1.82, 2.24) is 9.97 Å². The molecule has 4 nitrogen and oxygen atoms in total. The average molecular weight is 229 g/mol. The van der Waals surface area contributed by atoms with Gasteiger partial charge in [0.25, 0.3) is 0 Å². The van der Waals surface area contributed by atoms with Crippen LogP contribution in [0.4, 0.5) is 5.82 Å². The number of hydrogen-bond donors (Lipinski definition) is 1. The van der Waals surface area contributed by atoms with Crippen LogP contribution in [0.1, 0.15) is 11.1 Å². The SMILES string of the molecule is CNc1cc(Oc2cc(C)cc(C)c2)ncn1. The van der Waals surface area contributed by atoms with Crippen LogP contribution in [0.25, 0.3) is 0 Å². The standard InChI is InChI=1S/C13H15N3O/c1-9-4-10(2)6-11(5-9)17-13-7-12(14-3)15-8-16-13/h4-8H,1-3H3,(H,14,15,16). The van der Waals surface area contributed by atoms with Gasteiger partial charge in [-0.3, -0.25) is 0 Å². The van der Waals surface area contributed by atoms with Crippen LogP contribution in [0, 0.1) is 13.8 Å². The van der Waals surface area contributed by atoms with Crippen LogP contribution in [0.5, 0.6) is 11.6 Å². The van der Waals surface area contributed by atoms with Crippen molar-refractivity contribution < 1.29 is 4.74 Å². The monoisotopic (exact) mass is 229 g/mol. The van der Waals surface area contributed by atoms with E-state index in [4.69, 9.17) is 4.74 Å². The Hall–Kier alpha value is -2.10. The summed E-state index contributed by atoms with van der Waals surface area (Å²) in [6, 6.07) is 7.83. The van der Waals surface area contributed by atoms with Crippen LogP contribution in [0.15, 0.2) is 30.6 Å². The van der Waals surface area contributed by atoms with Crippen molar-refractivity contribution in [3.63, 3.8) is 0 Å². The highest BCUT2D eigenvalue weighted by molar-refractivity contribution is 5.39. The van der Waals surface area contributed by atoms with E-state index >= 15 is 0 Å². The molecular formula is C13H15N3O. The first kappa shape index (κ1) is 11.4. The lowest BCUT2D eigenvalue weighted by Crippen LogP contribution is -1.95. The van der Waals surface area contributed by atoms with Crippen LogP contribution in [-0.4, -0.2) is 17.0 Å². The lowest BCUT2D eigenvalue weighted by atomic mass is 10.1. The third-order valence-corrected chi connectivity index (χ3v) is 2.32. The molecule has 0 atom stereocenters. The van der Waals surface area contributed by atoms with Gasteiger partial charge in [-0.05, 0) is 37.1 Å². The summed E-state index contributed by atoms with van der Waals surface area (Å²) < 4.78 is 5.69. The first-order valence-electron chi connectivity index (χ1n) is 5.43. The fraction of sp³-hybridized carbons (Fsp3) is 0.231. The Balaban J connectivity index is 2.24. The van der Waals surface area contributed by atoms with Crippen LogP contribution in [0.2, 0.25) is 0 Å². The Morgan fingerprint density at radius 3 is 2.35 bits per heavy atom. The van der Waals surface area contributed by atoms with E-state index in [1.54, 1.807) is 6.07 Å². The number of rotatable bonds is 3. The number of aryl methyl sites for hydroxylation is 2. The molecule has 0 amide bonds. The van der Waals surface area contributed by atoms with E-state index in [9.17, 15) is 0 Å². The number of anilines is 1. The van der Waals surface area contributed by atoms with E-state index in [1.807, 2.05) is 33.0 Å². The fourth-order valence-electron chi connectivity index (χ4n) is 1.64. The van der Waals surface area contributed by atoms with Crippen molar-refractivity contribution >= 4 is 5.82 Å². The maximum Gasteiger partial charge on any atom is 0.224 e. The van der Waals surface area contributed by atoms with Crippen molar-refractivity contribution in [2.75, 3.05) is 12.4 Å². The molecule has 0 aliphatic carbocycles. The third-order valence-electron chi connectivity index (χ3n) is 2.32. The zero-order valence-electron chi connectivity index (χ0n) is 10.2. The summed E-state index contributed by atoms with van der Waals surface area (Å²) in [7, 11) is 1.81. The van der Waals surface area contributed by atoms with Gasteiger partial charge in [-0.25, -0.2) is 9.97 Å². The Morgan fingerprint density at radius 1 is 1.00 bits per heavy atom. The average Bonchev–Trinajstić information content (AvgIpc) is 2.28. The first-order valence-corrected chi connectivity index (χ1v) is 5.43. The van der Waals surface area contributed by atoms with Crippen LogP contribution >= 0.6 is 0 Å². The largest absolute Gasteiger partial charge is 0.439 e. The molecule has 0 aliphatic heterocycles. The highest BCUT2D eigenvalue weighted by atomic mass is 16.5. The van der Waals surface area contributed by atoms with Crippen molar-refractivity contribution in [2.45, 2.75) is 13.8 Å². The van der Waals surface area contributed by atoms with E-state index in [1.165, 1.54) is 17.5 Å². The number of benzene rings is 1. The molecule has 1 aromatic carbocycles. The molecule has 0 saturated heterocycles. The summed E-state index contributed by atoms with van der Waals surface area (Å²) in [6.07, 6.45) is 1.48. The van der Waals surface area contributed by atoms with Gasteiger partial charge in [-0.15, -0.1) is 0 Å². The third kappa shape index (κ3) is 2.93. The quantitative estimate of drug-likeness (QED) is 0.879. The molecule has 1 heterocycles. The summed E-state index contributed by atoms with van der Waals surface area (Å²) in [5, 5.41) is 2.94. The minimum Gasteiger partial charge on any atom is -0.439 e. The van der Waals surface area contributed by atoms with E-state index in [0.717, 1.165) is 11.6 Å². The smallest absolute Gasteiger partial charge is 0.224 e. The van der Waals surface area contributed by atoms with Gasteiger partial charge < -0.3 is 10.1 Å². The molecule has 0 spiro atoms. The molecule has 2 rings (SSSR count). The lowest BCUT2D eigenvalue weighted by Gasteiger charge is -2.07. The number of ether oxygens (including phenoxy) is 1. The highest BCUT2D eigenvalue weighted by Gasteiger charge is 2.01. The zero-order chi connectivity index (χ0) is 12.3. The molecule has 17 heavy (non-hydrogen) atoms. The first-order chi connectivity index (χ1) is 8.17.